The molecule has 0 fully saturated rings. The number of nitrogens with zero attached hydrogens (tertiary/aromatic N) is 3. The third-order valence-electron chi connectivity index (χ3n) is 1.24. The van der Waals surface area contributed by atoms with Crippen LogP contribution in [0.2, 0.25) is 0 Å². The summed E-state index contributed by atoms with van der Waals surface area (Å²) in [5, 5.41) is 11.2. The van der Waals surface area contributed by atoms with Crippen molar-refractivity contribution >= 4 is 0 Å². The molecule has 1 aromatic rings. The van der Waals surface area contributed by atoms with E-state index < -0.39 is 0 Å². The Hall–Kier alpha value is -1.16. The second-order valence-corrected chi connectivity index (χ2v) is 2.24. The predicted molar refractivity (Wildman–Crippen MR) is 42.9 cm³/mol. The molecule has 4 heteroatoms. The number of rotatable bonds is 4. The van der Waals surface area contributed by atoms with E-state index in [1.54, 1.807) is 18.0 Å². The molecule has 1 aromatic heterocycles. The van der Waals surface area contributed by atoms with Crippen LogP contribution in [0, 0.1) is 0 Å². The maximum Gasteiger partial charge on any atom is 0.0964 e. The molecule has 0 aromatic carbocycles. The summed E-state index contributed by atoms with van der Waals surface area (Å²) in [6, 6.07) is 0. The minimum Gasteiger partial charge on any atom is -0.308 e. The van der Waals surface area contributed by atoms with E-state index in [0.29, 0.717) is 0 Å². The van der Waals surface area contributed by atoms with E-state index in [9.17, 15) is 0 Å². The van der Waals surface area contributed by atoms with Crippen molar-refractivity contribution in [2.75, 3.05) is 6.54 Å². The molecular weight excluding hydrogens is 140 g/mol. The number of aryl methyl sites for hydroxylation is 1. The third-order valence-corrected chi connectivity index (χ3v) is 1.24. The summed E-state index contributed by atoms with van der Waals surface area (Å²) in [5.41, 5.74) is 0.953. The topological polar surface area (TPSA) is 42.7 Å². The first-order chi connectivity index (χ1) is 5.33. The van der Waals surface area contributed by atoms with Gasteiger partial charge in [0, 0.05) is 20.1 Å². The molecule has 0 unspecified atom stereocenters. The summed E-state index contributed by atoms with van der Waals surface area (Å²) in [7, 11) is 1.80. The highest BCUT2D eigenvalue weighted by atomic mass is 15.4. The van der Waals surface area contributed by atoms with E-state index in [1.165, 1.54) is 0 Å². The van der Waals surface area contributed by atoms with Crippen LogP contribution in [0.3, 0.4) is 0 Å². The molecule has 0 saturated carbocycles. The third kappa shape index (κ3) is 2.51. The zero-order valence-corrected chi connectivity index (χ0v) is 6.62. The maximum absolute atomic E-state index is 4.09. The second kappa shape index (κ2) is 3.88. The summed E-state index contributed by atoms with van der Waals surface area (Å²) in [4.78, 5) is 1.55. The van der Waals surface area contributed by atoms with Gasteiger partial charge in [0.05, 0.1) is 11.9 Å². The average Bonchev–Trinajstić information content (AvgIpc) is 2.37. The lowest BCUT2D eigenvalue weighted by Gasteiger charge is -1.94. The van der Waals surface area contributed by atoms with E-state index in [2.05, 4.69) is 22.1 Å². The largest absolute Gasteiger partial charge is 0.308 e. The highest BCUT2D eigenvalue weighted by molar-refractivity contribution is 4.90. The average molecular weight is 152 g/mol. The number of hydrogen-bond acceptors (Lipinski definition) is 3. The maximum atomic E-state index is 4.09. The molecule has 0 amide bonds. The lowest BCUT2D eigenvalue weighted by molar-refractivity contribution is 0.634. The lowest BCUT2D eigenvalue weighted by Crippen LogP contribution is -2.13. The number of aromatic nitrogens is 3. The van der Waals surface area contributed by atoms with Crippen LogP contribution in [0.5, 0.6) is 0 Å². The van der Waals surface area contributed by atoms with Gasteiger partial charge in [-0.15, -0.1) is 6.58 Å². The Labute approximate surface area is 65.9 Å². The van der Waals surface area contributed by atoms with Crippen molar-refractivity contribution < 1.29 is 0 Å². The Kier molecular flexibility index (Phi) is 2.80. The van der Waals surface area contributed by atoms with Crippen LogP contribution >= 0.6 is 0 Å². The van der Waals surface area contributed by atoms with Gasteiger partial charge in [-0.3, -0.25) is 0 Å². The normalized spacial score (nSPS) is 9.91. The molecule has 0 saturated heterocycles. The Bertz CT molecular complexity index is 228. The minimum absolute atomic E-state index is 0.750. The molecule has 0 spiro atoms. The van der Waals surface area contributed by atoms with Gasteiger partial charge in [0.1, 0.15) is 0 Å². The fraction of sp³-hybridized carbons (Fsp3) is 0.429. The first kappa shape index (κ1) is 7.94. The highest BCUT2D eigenvalue weighted by Crippen LogP contribution is 1.87. The smallest absolute Gasteiger partial charge is 0.0964 e. The first-order valence-electron chi connectivity index (χ1n) is 3.49. The van der Waals surface area contributed by atoms with E-state index in [-0.39, 0.29) is 0 Å². The van der Waals surface area contributed by atoms with Crippen molar-refractivity contribution in [3.05, 3.63) is 24.5 Å². The standard InChI is InChI=1S/C7H12N4/c1-3-4-8-5-7-6-9-11(2)10-7/h3,6,8H,1,4-5H2,2H3. The van der Waals surface area contributed by atoms with E-state index >= 15 is 0 Å². The summed E-state index contributed by atoms with van der Waals surface area (Å²) in [5.74, 6) is 0. The Morgan fingerprint density at radius 3 is 3.18 bits per heavy atom. The molecule has 1 rings (SSSR count). The van der Waals surface area contributed by atoms with Gasteiger partial charge in [-0.25, -0.2) is 0 Å². The fourth-order valence-electron chi connectivity index (χ4n) is 0.771. The predicted octanol–water partition coefficient (Wildman–Crippen LogP) is 0.0907. The Morgan fingerprint density at radius 2 is 2.64 bits per heavy atom. The van der Waals surface area contributed by atoms with Gasteiger partial charge in [0.25, 0.3) is 0 Å². The Balaban J connectivity index is 2.32. The number of nitrogens with one attached hydrogen (secondary N) is 1. The fourth-order valence-corrected chi connectivity index (χ4v) is 0.771. The van der Waals surface area contributed by atoms with Gasteiger partial charge in [-0.1, -0.05) is 6.08 Å². The monoisotopic (exact) mass is 152 g/mol. The lowest BCUT2D eigenvalue weighted by atomic mass is 10.4. The molecule has 4 nitrogen and oxygen atoms in total. The molecule has 1 heterocycles. The van der Waals surface area contributed by atoms with Crippen molar-refractivity contribution in [2.45, 2.75) is 6.54 Å². The van der Waals surface area contributed by atoms with Crippen molar-refractivity contribution in [1.29, 1.82) is 0 Å². The molecule has 0 aliphatic rings. The molecule has 0 radical (unpaired) electrons. The van der Waals surface area contributed by atoms with Gasteiger partial charge < -0.3 is 5.32 Å². The summed E-state index contributed by atoms with van der Waals surface area (Å²) >= 11 is 0. The zero-order valence-electron chi connectivity index (χ0n) is 6.62. The van der Waals surface area contributed by atoms with Crippen molar-refractivity contribution in [3.8, 4) is 0 Å². The summed E-state index contributed by atoms with van der Waals surface area (Å²) in [6.07, 6.45) is 3.56. The highest BCUT2D eigenvalue weighted by Gasteiger charge is 1.94. The van der Waals surface area contributed by atoms with Crippen molar-refractivity contribution in [2.24, 2.45) is 7.05 Å². The van der Waals surface area contributed by atoms with Crippen molar-refractivity contribution in [1.82, 2.24) is 20.3 Å². The molecule has 0 atom stereocenters. The van der Waals surface area contributed by atoms with Crippen molar-refractivity contribution in [3.63, 3.8) is 0 Å². The zero-order chi connectivity index (χ0) is 8.10. The van der Waals surface area contributed by atoms with Crippen LogP contribution in [0.1, 0.15) is 5.69 Å². The van der Waals surface area contributed by atoms with Crippen LogP contribution in [-0.4, -0.2) is 21.5 Å². The van der Waals surface area contributed by atoms with Gasteiger partial charge >= 0.3 is 0 Å². The molecule has 11 heavy (non-hydrogen) atoms. The first-order valence-corrected chi connectivity index (χ1v) is 3.49. The van der Waals surface area contributed by atoms with E-state index in [0.717, 1.165) is 18.8 Å². The molecule has 0 bridgehead atoms. The quantitative estimate of drug-likeness (QED) is 0.491. The van der Waals surface area contributed by atoms with Gasteiger partial charge in [0.15, 0.2) is 0 Å². The second-order valence-electron chi connectivity index (χ2n) is 2.24. The van der Waals surface area contributed by atoms with Crippen LogP contribution in [0.25, 0.3) is 0 Å². The SMILES string of the molecule is C=CCNCc1cnn(C)n1. The molecule has 0 aliphatic heterocycles. The number of hydrogen-bond donors (Lipinski definition) is 1. The molecule has 60 valence electrons. The van der Waals surface area contributed by atoms with Gasteiger partial charge in [-0.05, 0) is 0 Å². The molecule has 0 aliphatic carbocycles. The van der Waals surface area contributed by atoms with Gasteiger partial charge in [0.2, 0.25) is 0 Å². The minimum atomic E-state index is 0.750. The van der Waals surface area contributed by atoms with Crippen LogP contribution < -0.4 is 5.32 Å². The Morgan fingerprint density at radius 1 is 1.82 bits per heavy atom. The van der Waals surface area contributed by atoms with Crippen LogP contribution in [0.15, 0.2) is 18.9 Å². The summed E-state index contributed by atoms with van der Waals surface area (Å²) < 4.78 is 0. The van der Waals surface area contributed by atoms with Crippen LogP contribution in [-0.2, 0) is 13.6 Å². The van der Waals surface area contributed by atoms with Gasteiger partial charge in [-0.2, -0.15) is 15.0 Å². The molecular formula is C7H12N4. The molecule has 1 N–H and O–H groups in total. The van der Waals surface area contributed by atoms with E-state index in [1.807, 2.05) is 6.08 Å². The van der Waals surface area contributed by atoms with E-state index in [4.69, 9.17) is 0 Å². The summed E-state index contributed by atoms with van der Waals surface area (Å²) in [6.45, 7) is 5.15. The van der Waals surface area contributed by atoms with Crippen LogP contribution in [0.4, 0.5) is 0 Å².